The Balaban J connectivity index is 1.74. The first-order chi connectivity index (χ1) is 13.2. The number of hydrogen-bond acceptors (Lipinski definition) is 4. The zero-order valence-electron chi connectivity index (χ0n) is 14.3. The normalized spacial score (nSPS) is 11.3. The van der Waals surface area contributed by atoms with Crippen LogP contribution in [-0.2, 0) is 4.79 Å². The van der Waals surface area contributed by atoms with Crippen molar-refractivity contribution in [1.82, 2.24) is 10.7 Å². The Hall–Kier alpha value is -3.51. The Morgan fingerprint density at radius 2 is 1.59 bits per heavy atom. The lowest BCUT2D eigenvalue weighted by Crippen LogP contribution is -2.32. The monoisotopic (exact) mass is 375 g/mol. The minimum Gasteiger partial charge on any atom is -0.317 e. The van der Waals surface area contributed by atoms with Crippen molar-refractivity contribution in [1.29, 1.82) is 0 Å². The van der Waals surface area contributed by atoms with Gasteiger partial charge in [0.2, 0.25) is 0 Å². The van der Waals surface area contributed by atoms with E-state index in [1.807, 2.05) is 53.9 Å². The fraction of sp³-hybridized carbons (Fsp3) is 0. The van der Waals surface area contributed by atoms with Gasteiger partial charge in [-0.05, 0) is 35.2 Å². The number of hydrazone groups is 1. The van der Waals surface area contributed by atoms with Crippen molar-refractivity contribution in [3.8, 4) is 0 Å². The number of benzene rings is 2. The van der Waals surface area contributed by atoms with Crippen LogP contribution in [0.4, 0.5) is 0 Å². The van der Waals surface area contributed by atoms with Crippen molar-refractivity contribution in [3.05, 3.63) is 99.9 Å². The van der Waals surface area contributed by atoms with E-state index in [0.29, 0.717) is 5.56 Å². The molecule has 134 valence electrons. The first kappa shape index (κ1) is 18.3. The lowest BCUT2D eigenvalue weighted by atomic mass is 10.2. The summed E-state index contributed by atoms with van der Waals surface area (Å²) in [6.45, 7) is 0. The van der Waals surface area contributed by atoms with Gasteiger partial charge in [-0.15, -0.1) is 11.3 Å². The second-order valence-corrected chi connectivity index (χ2v) is 6.48. The average molecular weight is 375 g/mol. The van der Waals surface area contributed by atoms with Crippen molar-refractivity contribution in [2.24, 2.45) is 5.10 Å². The Morgan fingerprint density at radius 1 is 0.889 bits per heavy atom. The molecule has 27 heavy (non-hydrogen) atoms. The summed E-state index contributed by atoms with van der Waals surface area (Å²) in [6, 6.07) is 21.9. The highest BCUT2D eigenvalue weighted by Crippen LogP contribution is 2.13. The van der Waals surface area contributed by atoms with Crippen LogP contribution in [0.1, 0.15) is 20.8 Å². The van der Waals surface area contributed by atoms with E-state index in [1.165, 1.54) is 11.3 Å². The molecule has 2 N–H and O–H groups in total. The van der Waals surface area contributed by atoms with Gasteiger partial charge in [0.1, 0.15) is 5.70 Å². The maximum absolute atomic E-state index is 12.5. The highest BCUT2D eigenvalue weighted by Gasteiger charge is 2.14. The molecule has 0 saturated carbocycles. The van der Waals surface area contributed by atoms with E-state index in [9.17, 15) is 9.59 Å². The first-order valence-corrected chi connectivity index (χ1v) is 9.10. The predicted octanol–water partition coefficient (Wildman–Crippen LogP) is 3.67. The van der Waals surface area contributed by atoms with Crippen molar-refractivity contribution >= 4 is 35.4 Å². The van der Waals surface area contributed by atoms with Crippen LogP contribution in [0.5, 0.6) is 0 Å². The Kier molecular flexibility index (Phi) is 6.27. The Labute approximate surface area is 161 Å². The summed E-state index contributed by atoms with van der Waals surface area (Å²) in [5, 5.41) is 8.52. The van der Waals surface area contributed by atoms with Gasteiger partial charge in [-0.2, -0.15) is 5.10 Å². The second kappa shape index (κ2) is 9.26. The molecule has 0 unspecified atom stereocenters. The van der Waals surface area contributed by atoms with E-state index in [0.717, 1.165) is 10.4 Å². The van der Waals surface area contributed by atoms with Gasteiger partial charge in [-0.25, -0.2) is 5.43 Å². The molecule has 3 aromatic rings. The molecule has 0 spiro atoms. The molecular formula is C21H17N3O2S. The average Bonchev–Trinajstić information content (AvgIpc) is 3.22. The number of hydrogen-bond donors (Lipinski definition) is 2. The number of carbonyl (C=O) groups is 2. The fourth-order valence-electron chi connectivity index (χ4n) is 2.22. The summed E-state index contributed by atoms with van der Waals surface area (Å²) in [4.78, 5) is 25.8. The molecule has 2 amide bonds. The van der Waals surface area contributed by atoms with Gasteiger partial charge >= 0.3 is 0 Å². The smallest absolute Gasteiger partial charge is 0.287 e. The quantitative estimate of drug-likeness (QED) is 0.392. The van der Waals surface area contributed by atoms with Crippen LogP contribution in [0.15, 0.2) is 89.0 Å². The molecule has 1 aromatic heterocycles. The van der Waals surface area contributed by atoms with Crippen molar-refractivity contribution in [3.63, 3.8) is 0 Å². The van der Waals surface area contributed by atoms with Crippen LogP contribution in [0.2, 0.25) is 0 Å². The summed E-state index contributed by atoms with van der Waals surface area (Å²) in [5.41, 5.74) is 3.90. The molecule has 0 aliphatic heterocycles. The molecule has 1 heterocycles. The van der Waals surface area contributed by atoms with Gasteiger partial charge in [0.15, 0.2) is 0 Å². The maximum atomic E-state index is 12.5. The van der Waals surface area contributed by atoms with E-state index in [-0.39, 0.29) is 11.6 Å². The zero-order chi connectivity index (χ0) is 18.9. The van der Waals surface area contributed by atoms with E-state index in [1.54, 1.807) is 36.6 Å². The third-order valence-electron chi connectivity index (χ3n) is 3.54. The van der Waals surface area contributed by atoms with Crippen LogP contribution < -0.4 is 10.7 Å². The number of amides is 2. The third kappa shape index (κ3) is 5.49. The van der Waals surface area contributed by atoms with E-state index < -0.39 is 5.91 Å². The summed E-state index contributed by atoms with van der Waals surface area (Å²) in [7, 11) is 0. The molecule has 0 fully saturated rings. The standard InChI is InChI=1S/C21H17N3O2S/c25-20(17-10-5-2-6-11-17)23-19(14-18-12-7-13-27-18)21(26)24-22-15-16-8-3-1-4-9-16/h1-15H,(H,23,25)(H,24,26)/b19-14-,22-15+. The Bertz CT molecular complexity index is 950. The lowest BCUT2D eigenvalue weighted by Gasteiger charge is -2.08. The van der Waals surface area contributed by atoms with Crippen molar-refractivity contribution < 1.29 is 9.59 Å². The summed E-state index contributed by atoms with van der Waals surface area (Å²) in [6.07, 6.45) is 3.17. The molecule has 0 radical (unpaired) electrons. The largest absolute Gasteiger partial charge is 0.317 e. The minimum atomic E-state index is -0.500. The number of nitrogens with one attached hydrogen (secondary N) is 2. The van der Waals surface area contributed by atoms with Gasteiger partial charge < -0.3 is 5.32 Å². The van der Waals surface area contributed by atoms with E-state index >= 15 is 0 Å². The molecule has 3 rings (SSSR count). The fourth-order valence-corrected chi connectivity index (χ4v) is 2.88. The van der Waals surface area contributed by atoms with Crippen LogP contribution in [0.25, 0.3) is 6.08 Å². The van der Waals surface area contributed by atoms with Crippen molar-refractivity contribution in [2.45, 2.75) is 0 Å². The van der Waals surface area contributed by atoms with Crippen LogP contribution in [0, 0.1) is 0 Å². The van der Waals surface area contributed by atoms with Crippen LogP contribution in [-0.4, -0.2) is 18.0 Å². The summed E-state index contributed by atoms with van der Waals surface area (Å²) < 4.78 is 0. The predicted molar refractivity (Wildman–Crippen MR) is 108 cm³/mol. The summed E-state index contributed by atoms with van der Waals surface area (Å²) >= 11 is 1.47. The molecule has 6 heteroatoms. The highest BCUT2D eigenvalue weighted by molar-refractivity contribution is 7.10. The maximum Gasteiger partial charge on any atom is 0.287 e. The Morgan fingerprint density at radius 3 is 2.26 bits per heavy atom. The third-order valence-corrected chi connectivity index (χ3v) is 4.36. The van der Waals surface area contributed by atoms with Gasteiger partial charge in [0.05, 0.1) is 6.21 Å². The molecular weight excluding hydrogens is 358 g/mol. The number of nitrogens with zero attached hydrogens (tertiary/aromatic N) is 1. The second-order valence-electron chi connectivity index (χ2n) is 5.50. The molecule has 0 aliphatic rings. The molecule has 0 aliphatic carbocycles. The lowest BCUT2D eigenvalue weighted by molar-refractivity contribution is -0.117. The molecule has 0 bridgehead atoms. The molecule has 5 nitrogen and oxygen atoms in total. The van der Waals surface area contributed by atoms with E-state index in [2.05, 4.69) is 15.8 Å². The summed E-state index contributed by atoms with van der Waals surface area (Å²) in [5.74, 6) is -0.861. The number of thiophene rings is 1. The van der Waals surface area contributed by atoms with Gasteiger partial charge in [0.25, 0.3) is 11.8 Å². The van der Waals surface area contributed by atoms with E-state index in [4.69, 9.17) is 0 Å². The first-order valence-electron chi connectivity index (χ1n) is 8.22. The highest BCUT2D eigenvalue weighted by atomic mass is 32.1. The zero-order valence-corrected chi connectivity index (χ0v) is 15.1. The van der Waals surface area contributed by atoms with Gasteiger partial charge in [-0.1, -0.05) is 54.6 Å². The van der Waals surface area contributed by atoms with Gasteiger partial charge in [0, 0.05) is 10.4 Å². The topological polar surface area (TPSA) is 70.6 Å². The minimum absolute atomic E-state index is 0.122. The SMILES string of the molecule is O=C(N/N=C/c1ccccc1)/C(=C/c1cccs1)NC(=O)c1ccccc1. The number of carbonyl (C=O) groups excluding carboxylic acids is 2. The molecule has 0 atom stereocenters. The number of rotatable bonds is 6. The van der Waals surface area contributed by atoms with Crippen LogP contribution >= 0.6 is 11.3 Å². The van der Waals surface area contributed by atoms with Crippen LogP contribution in [0.3, 0.4) is 0 Å². The molecule has 0 saturated heterocycles. The van der Waals surface area contributed by atoms with Gasteiger partial charge in [-0.3, -0.25) is 9.59 Å². The van der Waals surface area contributed by atoms with Crippen molar-refractivity contribution in [2.75, 3.05) is 0 Å². The molecule has 2 aromatic carbocycles.